The normalized spacial score (nSPS) is 20.8. The van der Waals surface area contributed by atoms with Crippen molar-refractivity contribution in [2.24, 2.45) is 5.73 Å². The SMILES string of the molecule is NC(=O)C1COCCN1c1ccnc(Cl)n1. The van der Waals surface area contributed by atoms with Gasteiger partial charge in [-0.3, -0.25) is 4.79 Å². The van der Waals surface area contributed by atoms with Gasteiger partial charge >= 0.3 is 0 Å². The molecule has 1 aromatic rings. The maximum Gasteiger partial charge on any atom is 0.242 e. The van der Waals surface area contributed by atoms with E-state index < -0.39 is 11.9 Å². The first-order valence-corrected chi connectivity index (χ1v) is 5.18. The largest absolute Gasteiger partial charge is 0.377 e. The Morgan fingerprint density at radius 1 is 1.69 bits per heavy atom. The average molecular weight is 243 g/mol. The van der Waals surface area contributed by atoms with Crippen LogP contribution in [0.2, 0.25) is 5.28 Å². The molecule has 1 unspecified atom stereocenters. The standard InChI is InChI=1S/C9H11ClN4O2/c10-9-12-2-1-7(13-9)14-3-4-16-5-6(14)8(11)15/h1-2,6H,3-5H2,(H2,11,15). The number of anilines is 1. The lowest BCUT2D eigenvalue weighted by Crippen LogP contribution is -2.53. The van der Waals surface area contributed by atoms with E-state index in [0.717, 1.165) is 0 Å². The van der Waals surface area contributed by atoms with E-state index in [1.165, 1.54) is 6.20 Å². The topological polar surface area (TPSA) is 81.3 Å². The van der Waals surface area contributed by atoms with Crippen LogP contribution >= 0.6 is 11.6 Å². The Bertz CT molecular complexity index is 401. The van der Waals surface area contributed by atoms with Crippen LogP contribution in [0.5, 0.6) is 0 Å². The number of nitrogens with two attached hydrogens (primary N) is 1. The summed E-state index contributed by atoms with van der Waals surface area (Å²) in [5.41, 5.74) is 5.30. The summed E-state index contributed by atoms with van der Waals surface area (Å²) in [6.07, 6.45) is 1.54. The van der Waals surface area contributed by atoms with Crippen LogP contribution in [0.3, 0.4) is 0 Å². The molecule has 86 valence electrons. The molecule has 1 fully saturated rings. The summed E-state index contributed by atoms with van der Waals surface area (Å²) in [5, 5.41) is 0.146. The van der Waals surface area contributed by atoms with Gasteiger partial charge in [-0.05, 0) is 17.7 Å². The van der Waals surface area contributed by atoms with Crippen LogP contribution in [0.1, 0.15) is 0 Å². The van der Waals surface area contributed by atoms with Gasteiger partial charge in [0.05, 0.1) is 13.2 Å². The molecule has 7 heteroatoms. The Morgan fingerprint density at radius 2 is 2.50 bits per heavy atom. The van der Waals surface area contributed by atoms with Crippen molar-refractivity contribution in [1.82, 2.24) is 9.97 Å². The van der Waals surface area contributed by atoms with Gasteiger partial charge in [0.1, 0.15) is 11.9 Å². The molecule has 1 aliphatic heterocycles. The minimum Gasteiger partial charge on any atom is -0.377 e. The number of aromatic nitrogens is 2. The molecule has 0 spiro atoms. The van der Waals surface area contributed by atoms with E-state index in [1.54, 1.807) is 11.0 Å². The van der Waals surface area contributed by atoms with Crippen LogP contribution in [0.25, 0.3) is 0 Å². The van der Waals surface area contributed by atoms with Gasteiger partial charge in [-0.1, -0.05) is 0 Å². The first kappa shape index (κ1) is 11.1. The highest BCUT2D eigenvalue weighted by Crippen LogP contribution is 2.17. The molecule has 1 aromatic heterocycles. The molecule has 6 nitrogen and oxygen atoms in total. The minimum atomic E-state index is -0.500. The fourth-order valence-corrected chi connectivity index (χ4v) is 1.74. The third-order valence-electron chi connectivity index (χ3n) is 2.36. The van der Waals surface area contributed by atoms with Gasteiger partial charge in [0.25, 0.3) is 0 Å². The van der Waals surface area contributed by atoms with Crippen molar-refractivity contribution < 1.29 is 9.53 Å². The molecule has 0 aromatic carbocycles. The number of nitrogens with zero attached hydrogens (tertiary/aromatic N) is 3. The molecule has 0 aliphatic carbocycles. The lowest BCUT2D eigenvalue weighted by molar-refractivity contribution is -0.121. The lowest BCUT2D eigenvalue weighted by Gasteiger charge is -2.34. The van der Waals surface area contributed by atoms with Crippen molar-refractivity contribution in [3.8, 4) is 0 Å². The second kappa shape index (κ2) is 4.63. The molecular weight excluding hydrogens is 232 g/mol. The summed E-state index contributed by atoms with van der Waals surface area (Å²) in [7, 11) is 0. The number of halogens is 1. The van der Waals surface area contributed by atoms with Gasteiger partial charge in [0.2, 0.25) is 11.2 Å². The fraction of sp³-hybridized carbons (Fsp3) is 0.444. The van der Waals surface area contributed by atoms with Gasteiger partial charge in [-0.15, -0.1) is 0 Å². The zero-order valence-corrected chi connectivity index (χ0v) is 9.22. The van der Waals surface area contributed by atoms with Crippen LogP contribution in [0, 0.1) is 0 Å². The van der Waals surface area contributed by atoms with E-state index in [2.05, 4.69) is 9.97 Å². The Kier molecular flexibility index (Phi) is 3.21. The van der Waals surface area contributed by atoms with Crippen LogP contribution in [-0.4, -0.2) is 41.7 Å². The molecule has 1 aliphatic rings. The van der Waals surface area contributed by atoms with Crippen LogP contribution < -0.4 is 10.6 Å². The van der Waals surface area contributed by atoms with Crippen molar-refractivity contribution in [2.75, 3.05) is 24.7 Å². The van der Waals surface area contributed by atoms with Crippen molar-refractivity contribution in [2.45, 2.75) is 6.04 Å². The molecule has 1 amide bonds. The Labute approximate surface area is 97.4 Å². The summed E-state index contributed by atoms with van der Waals surface area (Å²) < 4.78 is 5.21. The Morgan fingerprint density at radius 3 is 3.19 bits per heavy atom. The second-order valence-electron chi connectivity index (χ2n) is 3.37. The zero-order valence-electron chi connectivity index (χ0n) is 8.47. The molecule has 2 rings (SSSR count). The molecule has 2 N–H and O–H groups in total. The first-order valence-electron chi connectivity index (χ1n) is 4.81. The third-order valence-corrected chi connectivity index (χ3v) is 2.54. The molecule has 1 saturated heterocycles. The van der Waals surface area contributed by atoms with Crippen LogP contribution in [0.4, 0.5) is 5.82 Å². The van der Waals surface area contributed by atoms with E-state index in [4.69, 9.17) is 22.1 Å². The van der Waals surface area contributed by atoms with E-state index in [9.17, 15) is 4.79 Å². The predicted molar refractivity (Wildman–Crippen MR) is 58.2 cm³/mol. The molecule has 0 saturated carbocycles. The van der Waals surface area contributed by atoms with Gasteiger partial charge in [0, 0.05) is 12.7 Å². The highest BCUT2D eigenvalue weighted by atomic mass is 35.5. The van der Waals surface area contributed by atoms with Crippen LogP contribution in [-0.2, 0) is 9.53 Å². The van der Waals surface area contributed by atoms with Gasteiger partial charge in [-0.25, -0.2) is 9.97 Å². The molecule has 2 heterocycles. The molecular formula is C9H11ClN4O2. The maximum atomic E-state index is 11.2. The van der Waals surface area contributed by atoms with Gasteiger partial charge in [-0.2, -0.15) is 0 Å². The monoisotopic (exact) mass is 242 g/mol. The van der Waals surface area contributed by atoms with Gasteiger partial charge in [0.15, 0.2) is 0 Å². The van der Waals surface area contributed by atoms with Crippen molar-refractivity contribution in [1.29, 1.82) is 0 Å². The number of morpholine rings is 1. The average Bonchev–Trinajstić information content (AvgIpc) is 2.29. The second-order valence-corrected chi connectivity index (χ2v) is 3.71. The predicted octanol–water partition coefficient (Wildman–Crippen LogP) is -0.179. The van der Waals surface area contributed by atoms with Crippen LogP contribution in [0.15, 0.2) is 12.3 Å². The number of rotatable bonds is 2. The highest BCUT2D eigenvalue weighted by molar-refractivity contribution is 6.28. The van der Waals surface area contributed by atoms with E-state index in [1.807, 2.05) is 0 Å². The van der Waals surface area contributed by atoms with Crippen molar-refractivity contribution in [3.05, 3.63) is 17.5 Å². The summed E-state index contributed by atoms with van der Waals surface area (Å²) in [6, 6.07) is 1.19. The number of amides is 1. The Balaban J connectivity index is 2.26. The zero-order chi connectivity index (χ0) is 11.5. The highest BCUT2D eigenvalue weighted by Gasteiger charge is 2.28. The summed E-state index contributed by atoms with van der Waals surface area (Å²) >= 11 is 5.70. The third kappa shape index (κ3) is 2.23. The molecule has 1 atom stereocenters. The maximum absolute atomic E-state index is 11.2. The number of carbonyl (C=O) groups excluding carboxylic acids is 1. The summed E-state index contributed by atoms with van der Waals surface area (Å²) in [4.78, 5) is 20.9. The molecule has 0 radical (unpaired) electrons. The fourth-order valence-electron chi connectivity index (χ4n) is 1.60. The van der Waals surface area contributed by atoms with E-state index in [-0.39, 0.29) is 11.9 Å². The lowest BCUT2D eigenvalue weighted by atomic mass is 10.2. The first-order chi connectivity index (χ1) is 7.68. The molecule has 16 heavy (non-hydrogen) atoms. The van der Waals surface area contributed by atoms with E-state index in [0.29, 0.717) is 19.0 Å². The summed E-state index contributed by atoms with van der Waals surface area (Å²) in [6.45, 7) is 1.36. The molecule has 0 bridgehead atoms. The van der Waals surface area contributed by atoms with Crippen molar-refractivity contribution in [3.63, 3.8) is 0 Å². The van der Waals surface area contributed by atoms with E-state index >= 15 is 0 Å². The van der Waals surface area contributed by atoms with Gasteiger partial charge < -0.3 is 15.4 Å². The smallest absolute Gasteiger partial charge is 0.242 e. The van der Waals surface area contributed by atoms with Crippen molar-refractivity contribution >= 4 is 23.3 Å². The summed E-state index contributed by atoms with van der Waals surface area (Å²) in [5.74, 6) is 0.154. The minimum absolute atomic E-state index is 0.146. The number of carbonyl (C=O) groups is 1. The number of ether oxygens (including phenoxy) is 1. The quantitative estimate of drug-likeness (QED) is 0.728. The Hall–Kier alpha value is -1.40. The number of primary amides is 1. The number of hydrogen-bond acceptors (Lipinski definition) is 5. The number of hydrogen-bond donors (Lipinski definition) is 1.